The summed E-state index contributed by atoms with van der Waals surface area (Å²) in [5, 5.41) is 0. The average Bonchev–Trinajstić information content (AvgIpc) is 2.68. The molecule has 0 unspecified atom stereocenters. The van der Waals surface area contributed by atoms with Gasteiger partial charge in [-0.05, 0) is 59.9 Å². The van der Waals surface area contributed by atoms with Gasteiger partial charge in [0, 0.05) is 18.9 Å². The maximum Gasteiger partial charge on any atom is 0.264 e. The SMILES string of the molecule is O=S(=O)(c1ccccc1)N1CCCc2cc(-c3cccnc3)ccc21. The van der Waals surface area contributed by atoms with Crippen molar-refractivity contribution in [3.63, 3.8) is 0 Å². The molecule has 25 heavy (non-hydrogen) atoms. The standard InChI is InChI=1S/C20H18N2O2S/c23-25(24,19-8-2-1-3-9-19)22-13-5-7-17-14-16(10-11-20(17)22)18-6-4-12-21-15-18/h1-4,6,8-12,14-15H,5,7,13H2. The smallest absolute Gasteiger partial charge is 0.264 e. The molecule has 0 spiro atoms. The van der Waals surface area contributed by atoms with E-state index in [9.17, 15) is 8.42 Å². The Kier molecular flexibility index (Phi) is 4.01. The van der Waals surface area contributed by atoms with Crippen LogP contribution in [-0.4, -0.2) is 19.9 Å². The highest BCUT2D eigenvalue weighted by molar-refractivity contribution is 7.92. The van der Waals surface area contributed by atoms with Crippen molar-refractivity contribution in [2.75, 3.05) is 10.8 Å². The summed E-state index contributed by atoms with van der Waals surface area (Å²) in [6, 6.07) is 18.5. The van der Waals surface area contributed by atoms with Gasteiger partial charge in [-0.3, -0.25) is 9.29 Å². The quantitative estimate of drug-likeness (QED) is 0.720. The van der Waals surface area contributed by atoms with Gasteiger partial charge in [-0.2, -0.15) is 0 Å². The average molecular weight is 350 g/mol. The zero-order valence-electron chi connectivity index (χ0n) is 13.7. The molecule has 1 aliphatic rings. The lowest BCUT2D eigenvalue weighted by Gasteiger charge is -2.31. The molecule has 0 N–H and O–H groups in total. The van der Waals surface area contributed by atoms with Crippen LogP contribution in [0.2, 0.25) is 0 Å². The summed E-state index contributed by atoms with van der Waals surface area (Å²) < 4.78 is 27.6. The van der Waals surface area contributed by atoms with Crippen LogP contribution in [0.4, 0.5) is 5.69 Å². The van der Waals surface area contributed by atoms with Gasteiger partial charge in [0.2, 0.25) is 0 Å². The van der Waals surface area contributed by atoms with E-state index in [1.807, 2.05) is 36.5 Å². The highest BCUT2D eigenvalue weighted by Gasteiger charge is 2.29. The van der Waals surface area contributed by atoms with Crippen molar-refractivity contribution < 1.29 is 8.42 Å². The molecule has 0 saturated carbocycles. The van der Waals surface area contributed by atoms with Crippen LogP contribution < -0.4 is 4.31 Å². The second-order valence-electron chi connectivity index (χ2n) is 6.08. The molecule has 126 valence electrons. The summed E-state index contributed by atoms with van der Waals surface area (Å²) in [5.41, 5.74) is 3.94. The monoisotopic (exact) mass is 350 g/mol. The Labute approximate surface area is 147 Å². The summed E-state index contributed by atoms with van der Waals surface area (Å²) in [4.78, 5) is 4.49. The van der Waals surface area contributed by atoms with E-state index in [4.69, 9.17) is 0 Å². The van der Waals surface area contributed by atoms with Gasteiger partial charge in [-0.1, -0.05) is 30.3 Å². The molecule has 0 aliphatic carbocycles. The number of hydrogen-bond donors (Lipinski definition) is 0. The van der Waals surface area contributed by atoms with E-state index in [1.165, 1.54) is 4.31 Å². The molecule has 0 fully saturated rings. The number of fused-ring (bicyclic) bond motifs is 1. The first-order chi connectivity index (χ1) is 12.2. The topological polar surface area (TPSA) is 50.3 Å². The molecule has 0 radical (unpaired) electrons. The minimum absolute atomic E-state index is 0.333. The number of pyridine rings is 1. The molecule has 1 aliphatic heterocycles. The fourth-order valence-corrected chi connectivity index (χ4v) is 4.81. The Balaban J connectivity index is 1.76. The lowest BCUT2D eigenvalue weighted by atomic mass is 9.98. The van der Waals surface area contributed by atoms with Gasteiger partial charge >= 0.3 is 0 Å². The van der Waals surface area contributed by atoms with Gasteiger partial charge in [0.15, 0.2) is 0 Å². The third-order valence-electron chi connectivity index (χ3n) is 4.48. The van der Waals surface area contributed by atoms with Gasteiger partial charge in [-0.15, -0.1) is 0 Å². The summed E-state index contributed by atoms with van der Waals surface area (Å²) in [6.45, 7) is 0.510. The molecule has 3 aromatic rings. The molecule has 0 amide bonds. The first kappa shape index (κ1) is 15.8. The van der Waals surface area contributed by atoms with Crippen molar-refractivity contribution in [3.05, 3.63) is 78.6 Å². The summed E-state index contributed by atoms with van der Waals surface area (Å²) in [7, 11) is -3.53. The van der Waals surface area contributed by atoms with Crippen LogP contribution in [0.3, 0.4) is 0 Å². The minimum Gasteiger partial charge on any atom is -0.266 e. The van der Waals surface area contributed by atoms with Crippen molar-refractivity contribution >= 4 is 15.7 Å². The van der Waals surface area contributed by atoms with Crippen molar-refractivity contribution in [3.8, 4) is 11.1 Å². The fraction of sp³-hybridized carbons (Fsp3) is 0.150. The number of aryl methyl sites for hydroxylation is 1. The molecular weight excluding hydrogens is 332 g/mol. The zero-order chi connectivity index (χ0) is 17.3. The Morgan fingerprint density at radius 3 is 2.52 bits per heavy atom. The summed E-state index contributed by atoms with van der Waals surface area (Å²) in [6.07, 6.45) is 5.26. The van der Waals surface area contributed by atoms with E-state index in [2.05, 4.69) is 11.1 Å². The second-order valence-corrected chi connectivity index (χ2v) is 7.94. The zero-order valence-corrected chi connectivity index (χ0v) is 14.5. The van der Waals surface area contributed by atoms with E-state index in [-0.39, 0.29) is 0 Å². The largest absolute Gasteiger partial charge is 0.266 e. The molecule has 4 rings (SSSR count). The lowest BCUT2D eigenvalue weighted by molar-refractivity contribution is 0.586. The number of nitrogens with zero attached hydrogens (tertiary/aromatic N) is 2. The molecule has 1 aromatic heterocycles. The Hall–Kier alpha value is -2.66. The van der Waals surface area contributed by atoms with E-state index >= 15 is 0 Å². The van der Waals surface area contributed by atoms with Crippen molar-refractivity contribution in [2.45, 2.75) is 17.7 Å². The number of anilines is 1. The van der Waals surface area contributed by atoms with Crippen molar-refractivity contribution in [1.29, 1.82) is 0 Å². The molecule has 0 bridgehead atoms. The number of sulfonamides is 1. The maximum atomic E-state index is 13.0. The minimum atomic E-state index is -3.53. The Morgan fingerprint density at radius 2 is 1.76 bits per heavy atom. The van der Waals surface area contributed by atoms with Crippen LogP contribution in [0.15, 0.2) is 78.0 Å². The summed E-state index contributed by atoms with van der Waals surface area (Å²) in [5.74, 6) is 0. The predicted octanol–water partition coefficient (Wildman–Crippen LogP) is 3.89. The molecule has 2 aromatic carbocycles. The number of hydrogen-bond acceptors (Lipinski definition) is 3. The van der Waals surface area contributed by atoms with Crippen molar-refractivity contribution in [2.24, 2.45) is 0 Å². The highest BCUT2D eigenvalue weighted by atomic mass is 32.2. The third-order valence-corrected chi connectivity index (χ3v) is 6.31. The summed E-state index contributed by atoms with van der Waals surface area (Å²) >= 11 is 0. The number of rotatable bonds is 3. The number of benzene rings is 2. The predicted molar refractivity (Wildman–Crippen MR) is 99.0 cm³/mol. The van der Waals surface area contributed by atoms with Crippen LogP contribution in [0.1, 0.15) is 12.0 Å². The highest BCUT2D eigenvalue weighted by Crippen LogP contribution is 2.34. The lowest BCUT2D eigenvalue weighted by Crippen LogP contribution is -2.35. The van der Waals surface area contributed by atoms with Crippen LogP contribution >= 0.6 is 0 Å². The Morgan fingerprint density at radius 1 is 0.920 bits per heavy atom. The van der Waals surface area contributed by atoms with Gasteiger partial charge in [0.1, 0.15) is 0 Å². The van der Waals surface area contributed by atoms with E-state index in [1.54, 1.807) is 30.5 Å². The molecule has 0 saturated heterocycles. The first-order valence-electron chi connectivity index (χ1n) is 8.27. The first-order valence-corrected chi connectivity index (χ1v) is 9.71. The van der Waals surface area contributed by atoms with E-state index in [0.29, 0.717) is 11.4 Å². The van der Waals surface area contributed by atoms with Crippen LogP contribution in [0.5, 0.6) is 0 Å². The van der Waals surface area contributed by atoms with Gasteiger partial charge < -0.3 is 0 Å². The van der Waals surface area contributed by atoms with E-state index < -0.39 is 10.0 Å². The van der Waals surface area contributed by atoms with Crippen LogP contribution in [0, 0.1) is 0 Å². The normalized spacial score (nSPS) is 14.2. The van der Waals surface area contributed by atoms with Crippen molar-refractivity contribution in [1.82, 2.24) is 4.98 Å². The molecular formula is C20H18N2O2S. The van der Waals surface area contributed by atoms with E-state index in [0.717, 1.165) is 35.2 Å². The fourth-order valence-electron chi connectivity index (χ4n) is 3.25. The number of aromatic nitrogens is 1. The maximum absolute atomic E-state index is 13.0. The Bertz CT molecular complexity index is 987. The molecule has 4 nitrogen and oxygen atoms in total. The van der Waals surface area contributed by atoms with Gasteiger partial charge in [0.25, 0.3) is 10.0 Å². The molecule has 0 atom stereocenters. The molecule has 2 heterocycles. The molecule has 5 heteroatoms. The van der Waals surface area contributed by atoms with Gasteiger partial charge in [0.05, 0.1) is 10.6 Å². The second kappa shape index (κ2) is 6.33. The van der Waals surface area contributed by atoms with Crippen LogP contribution in [-0.2, 0) is 16.4 Å². The van der Waals surface area contributed by atoms with Gasteiger partial charge in [-0.25, -0.2) is 8.42 Å². The third kappa shape index (κ3) is 2.91. The van der Waals surface area contributed by atoms with Crippen LogP contribution in [0.25, 0.3) is 11.1 Å².